The number of ether oxygens (including phenoxy) is 1. The van der Waals surface area contributed by atoms with Crippen LogP contribution in [-0.4, -0.2) is 49.8 Å². The molecular formula is C7H14N2O3S. The van der Waals surface area contributed by atoms with Gasteiger partial charge in [-0.3, -0.25) is 0 Å². The average molecular weight is 206 g/mol. The number of nitrogens with two attached hydrogens (primary N) is 1. The Hall–Kier alpha value is -0.170. The molecule has 0 aromatic heterocycles. The summed E-state index contributed by atoms with van der Waals surface area (Å²) in [5, 5.41) is 0. The molecule has 2 fully saturated rings. The van der Waals surface area contributed by atoms with Gasteiger partial charge in [-0.25, -0.2) is 8.42 Å². The third-order valence-electron chi connectivity index (χ3n) is 2.90. The van der Waals surface area contributed by atoms with Crippen molar-refractivity contribution < 1.29 is 13.2 Å². The van der Waals surface area contributed by atoms with Crippen molar-refractivity contribution in [2.75, 3.05) is 25.5 Å². The van der Waals surface area contributed by atoms with Gasteiger partial charge in [0.2, 0.25) is 10.0 Å². The standard InChI is InChI=1S/C7H14N2O3S/c1-2-9-7(4-12-5-7)6(8)3-13(9,10)11/h6H,2-5,8H2,1H3. The Kier molecular flexibility index (Phi) is 1.92. The van der Waals surface area contributed by atoms with Crippen molar-refractivity contribution in [3.63, 3.8) is 0 Å². The monoisotopic (exact) mass is 206 g/mol. The fourth-order valence-electron chi connectivity index (χ4n) is 2.11. The van der Waals surface area contributed by atoms with Crippen LogP contribution in [0.25, 0.3) is 0 Å². The van der Waals surface area contributed by atoms with E-state index >= 15 is 0 Å². The van der Waals surface area contributed by atoms with E-state index in [1.165, 1.54) is 4.31 Å². The van der Waals surface area contributed by atoms with E-state index in [1.54, 1.807) is 0 Å². The van der Waals surface area contributed by atoms with Crippen molar-refractivity contribution in [1.29, 1.82) is 0 Å². The SMILES string of the molecule is CCN1C2(COC2)C(N)CS1(=O)=O. The molecule has 6 heteroatoms. The number of likely N-dealkylation sites (N-methyl/N-ethyl adjacent to an activating group) is 1. The third-order valence-corrected chi connectivity index (χ3v) is 4.98. The Morgan fingerprint density at radius 1 is 1.62 bits per heavy atom. The Morgan fingerprint density at radius 2 is 2.23 bits per heavy atom. The first-order valence-electron chi connectivity index (χ1n) is 4.37. The van der Waals surface area contributed by atoms with Gasteiger partial charge in [-0.2, -0.15) is 4.31 Å². The molecule has 2 aliphatic rings. The zero-order chi connectivity index (χ0) is 9.69. The molecule has 0 aromatic carbocycles. The van der Waals surface area contributed by atoms with Crippen LogP contribution in [0.2, 0.25) is 0 Å². The van der Waals surface area contributed by atoms with Crippen LogP contribution in [0.15, 0.2) is 0 Å². The predicted octanol–water partition coefficient (Wildman–Crippen LogP) is -1.25. The molecule has 1 spiro atoms. The van der Waals surface area contributed by atoms with Crippen LogP contribution in [0.5, 0.6) is 0 Å². The summed E-state index contributed by atoms with van der Waals surface area (Å²) in [5.74, 6) is 0.0597. The number of hydrogen-bond acceptors (Lipinski definition) is 4. The first kappa shape index (κ1) is 9.39. The zero-order valence-electron chi connectivity index (χ0n) is 7.56. The molecule has 76 valence electrons. The van der Waals surface area contributed by atoms with Gasteiger partial charge in [0, 0.05) is 12.6 Å². The van der Waals surface area contributed by atoms with E-state index in [1.807, 2.05) is 6.92 Å². The second-order valence-corrected chi connectivity index (χ2v) is 5.58. The molecule has 5 nitrogen and oxygen atoms in total. The molecule has 2 saturated heterocycles. The largest absolute Gasteiger partial charge is 0.377 e. The lowest BCUT2D eigenvalue weighted by molar-refractivity contribution is -0.111. The summed E-state index contributed by atoms with van der Waals surface area (Å²) in [6.45, 7) is 3.21. The van der Waals surface area contributed by atoms with E-state index < -0.39 is 15.6 Å². The van der Waals surface area contributed by atoms with Crippen LogP contribution in [0.3, 0.4) is 0 Å². The first-order chi connectivity index (χ1) is 6.03. The molecule has 0 amide bonds. The summed E-state index contributed by atoms with van der Waals surface area (Å²) in [5.41, 5.74) is 5.39. The Morgan fingerprint density at radius 3 is 2.54 bits per heavy atom. The maximum absolute atomic E-state index is 11.6. The molecule has 2 heterocycles. The summed E-state index contributed by atoms with van der Waals surface area (Å²) in [4.78, 5) is 0. The molecular weight excluding hydrogens is 192 g/mol. The summed E-state index contributed by atoms with van der Waals surface area (Å²) in [7, 11) is -3.13. The highest BCUT2D eigenvalue weighted by Gasteiger charge is 2.59. The van der Waals surface area contributed by atoms with Crippen molar-refractivity contribution in [3.8, 4) is 0 Å². The molecule has 2 rings (SSSR count). The molecule has 0 bridgehead atoms. The molecule has 0 saturated carbocycles. The van der Waals surface area contributed by atoms with Crippen LogP contribution < -0.4 is 5.73 Å². The Bertz CT molecular complexity index is 310. The predicted molar refractivity (Wildman–Crippen MR) is 47.7 cm³/mol. The molecule has 0 aliphatic carbocycles. The summed E-state index contributed by atoms with van der Waals surface area (Å²) in [6, 6.07) is -0.300. The Balaban J connectivity index is 2.37. The van der Waals surface area contributed by atoms with Gasteiger partial charge in [0.25, 0.3) is 0 Å². The highest BCUT2D eigenvalue weighted by molar-refractivity contribution is 7.89. The van der Waals surface area contributed by atoms with Gasteiger partial charge in [-0.15, -0.1) is 0 Å². The smallest absolute Gasteiger partial charge is 0.216 e. The molecule has 0 radical (unpaired) electrons. The van der Waals surface area contributed by atoms with E-state index in [-0.39, 0.29) is 11.8 Å². The van der Waals surface area contributed by atoms with Gasteiger partial charge in [0.15, 0.2) is 0 Å². The number of rotatable bonds is 1. The first-order valence-corrected chi connectivity index (χ1v) is 5.98. The van der Waals surface area contributed by atoms with Gasteiger partial charge < -0.3 is 10.5 Å². The second-order valence-electron chi connectivity index (χ2n) is 3.65. The van der Waals surface area contributed by atoms with Gasteiger partial charge in [0.1, 0.15) is 0 Å². The Labute approximate surface area is 77.9 Å². The van der Waals surface area contributed by atoms with Crippen molar-refractivity contribution >= 4 is 10.0 Å². The van der Waals surface area contributed by atoms with Crippen LogP contribution >= 0.6 is 0 Å². The molecule has 2 aliphatic heterocycles. The van der Waals surface area contributed by atoms with Crippen LogP contribution in [0.1, 0.15) is 6.92 Å². The lowest BCUT2D eigenvalue weighted by atomic mass is 9.90. The van der Waals surface area contributed by atoms with Crippen LogP contribution in [0, 0.1) is 0 Å². The molecule has 2 N–H and O–H groups in total. The fourth-order valence-corrected chi connectivity index (χ4v) is 4.25. The van der Waals surface area contributed by atoms with Crippen molar-refractivity contribution in [2.24, 2.45) is 5.73 Å². The third kappa shape index (κ3) is 1.06. The van der Waals surface area contributed by atoms with E-state index in [0.717, 1.165) is 0 Å². The van der Waals surface area contributed by atoms with E-state index in [0.29, 0.717) is 19.8 Å². The summed E-state index contributed by atoms with van der Waals surface area (Å²) >= 11 is 0. The maximum atomic E-state index is 11.6. The highest BCUT2D eigenvalue weighted by Crippen LogP contribution is 2.36. The van der Waals surface area contributed by atoms with Gasteiger partial charge in [0.05, 0.1) is 24.5 Å². The van der Waals surface area contributed by atoms with Crippen LogP contribution in [0.4, 0.5) is 0 Å². The topological polar surface area (TPSA) is 72.6 Å². The molecule has 0 aromatic rings. The number of nitrogens with zero attached hydrogens (tertiary/aromatic N) is 1. The quantitative estimate of drug-likeness (QED) is 0.581. The van der Waals surface area contributed by atoms with E-state index in [4.69, 9.17) is 10.5 Å². The normalized spacial score (nSPS) is 36.3. The highest BCUT2D eigenvalue weighted by atomic mass is 32.2. The number of sulfonamides is 1. The molecule has 13 heavy (non-hydrogen) atoms. The lowest BCUT2D eigenvalue weighted by Crippen LogP contribution is -2.66. The van der Waals surface area contributed by atoms with Crippen molar-refractivity contribution in [3.05, 3.63) is 0 Å². The van der Waals surface area contributed by atoms with Crippen LogP contribution in [-0.2, 0) is 14.8 Å². The minimum absolute atomic E-state index is 0.0597. The maximum Gasteiger partial charge on any atom is 0.216 e. The van der Waals surface area contributed by atoms with Gasteiger partial charge in [-0.1, -0.05) is 6.92 Å². The molecule has 1 unspecified atom stereocenters. The molecule has 1 atom stereocenters. The minimum Gasteiger partial charge on any atom is -0.377 e. The second kappa shape index (κ2) is 2.66. The van der Waals surface area contributed by atoms with Crippen molar-refractivity contribution in [2.45, 2.75) is 18.5 Å². The van der Waals surface area contributed by atoms with Gasteiger partial charge >= 0.3 is 0 Å². The van der Waals surface area contributed by atoms with Gasteiger partial charge in [-0.05, 0) is 0 Å². The van der Waals surface area contributed by atoms with Crippen molar-refractivity contribution in [1.82, 2.24) is 4.31 Å². The fraction of sp³-hybridized carbons (Fsp3) is 1.00. The summed E-state index contributed by atoms with van der Waals surface area (Å²) < 4.78 is 29.8. The lowest BCUT2D eigenvalue weighted by Gasteiger charge is -2.45. The minimum atomic E-state index is -3.13. The van der Waals surface area contributed by atoms with E-state index in [2.05, 4.69) is 0 Å². The summed E-state index contributed by atoms with van der Waals surface area (Å²) in [6.07, 6.45) is 0. The zero-order valence-corrected chi connectivity index (χ0v) is 8.38. The number of hydrogen-bond donors (Lipinski definition) is 1. The van der Waals surface area contributed by atoms with E-state index in [9.17, 15) is 8.42 Å². The average Bonchev–Trinajstić information content (AvgIpc) is 2.13.